The van der Waals surface area contributed by atoms with Crippen LogP contribution in [0.2, 0.25) is 5.02 Å². The van der Waals surface area contributed by atoms with E-state index in [1.807, 2.05) is 12.1 Å². The SMILES string of the molecule is C=CC(CCC(=O)NC)c1nn(C)c2c(F)c(N3CCN(CC4CCC5(CC4)CN(c4ncc(Cl)c(Nc6cc7c8c(c(=O)n(C)c7cc6F)CCC(F)(F)C(C)N8)n4)C5)CC3)ccc12. The fraction of sp³-hybridized carbons (Fsp3) is 0.511. The van der Waals surface area contributed by atoms with Gasteiger partial charge in [-0.25, -0.2) is 22.5 Å². The number of carbonyl (C=O) groups excluding carboxylic acids is 1. The van der Waals surface area contributed by atoms with Crippen molar-refractivity contribution in [2.75, 3.05) is 73.3 Å². The second kappa shape index (κ2) is 17.4. The lowest BCUT2D eigenvalue weighted by Crippen LogP contribution is -2.58. The van der Waals surface area contributed by atoms with E-state index in [4.69, 9.17) is 16.6 Å². The van der Waals surface area contributed by atoms with Gasteiger partial charge in [0.2, 0.25) is 11.9 Å². The largest absolute Gasteiger partial charge is 0.376 e. The second-order valence-corrected chi connectivity index (χ2v) is 19.0. The van der Waals surface area contributed by atoms with Gasteiger partial charge in [0.05, 0.1) is 40.5 Å². The molecule has 1 saturated carbocycles. The van der Waals surface area contributed by atoms with Crippen LogP contribution in [0.15, 0.2) is 47.9 Å². The number of allylic oxidation sites excluding steroid dienone is 1. The summed E-state index contributed by atoms with van der Waals surface area (Å²) < 4.78 is 64.3. The molecule has 2 unspecified atom stereocenters. The number of benzene rings is 2. The third-order valence-electron chi connectivity index (χ3n) is 14.5. The number of fused-ring (bicyclic) bond motifs is 4. The average Bonchev–Trinajstić information content (AvgIpc) is 3.56. The first-order chi connectivity index (χ1) is 31.1. The fourth-order valence-corrected chi connectivity index (χ4v) is 10.7. The Balaban J connectivity index is 0.795. The Labute approximate surface area is 380 Å². The molecule has 2 saturated heterocycles. The second-order valence-electron chi connectivity index (χ2n) is 18.6. The Morgan fingerprint density at radius 2 is 1.80 bits per heavy atom. The molecule has 0 radical (unpaired) electrons. The van der Waals surface area contributed by atoms with Crippen LogP contribution < -0.4 is 31.3 Å². The lowest BCUT2D eigenvalue weighted by atomic mass is 9.66. The Hall–Kier alpha value is -5.42. The Kier molecular flexibility index (Phi) is 12.0. The Morgan fingerprint density at radius 1 is 1.06 bits per heavy atom. The number of rotatable bonds is 11. The minimum Gasteiger partial charge on any atom is -0.376 e. The van der Waals surface area contributed by atoms with Gasteiger partial charge >= 0.3 is 0 Å². The number of hydrogen-bond acceptors (Lipinski definition) is 10. The van der Waals surface area contributed by atoms with Crippen LogP contribution >= 0.6 is 11.6 Å². The van der Waals surface area contributed by atoms with Crippen molar-refractivity contribution >= 4 is 68.1 Å². The zero-order valence-corrected chi connectivity index (χ0v) is 38.0. The van der Waals surface area contributed by atoms with Crippen LogP contribution in [0.4, 0.5) is 46.4 Å². The summed E-state index contributed by atoms with van der Waals surface area (Å²) in [7, 11) is 4.89. The van der Waals surface area contributed by atoms with Gasteiger partial charge in [-0.05, 0) is 69.6 Å². The lowest BCUT2D eigenvalue weighted by molar-refractivity contribution is -0.120. The summed E-state index contributed by atoms with van der Waals surface area (Å²) in [5.74, 6) is -2.91. The van der Waals surface area contributed by atoms with Crippen molar-refractivity contribution in [2.24, 2.45) is 25.4 Å². The molecule has 3 N–H and O–H groups in total. The summed E-state index contributed by atoms with van der Waals surface area (Å²) in [6, 6.07) is 5.32. The quantitative estimate of drug-likeness (QED) is 0.0890. The van der Waals surface area contributed by atoms with Crippen molar-refractivity contribution in [3.63, 3.8) is 0 Å². The normalized spacial score (nSPS) is 20.3. The predicted molar refractivity (Wildman–Crippen MR) is 248 cm³/mol. The minimum absolute atomic E-state index is 0.0391. The third kappa shape index (κ3) is 8.38. The topological polar surface area (TPSA) is 128 Å². The molecule has 65 heavy (non-hydrogen) atoms. The van der Waals surface area contributed by atoms with E-state index in [2.05, 4.69) is 47.3 Å². The molecule has 5 aromatic rings. The van der Waals surface area contributed by atoms with Crippen molar-refractivity contribution in [1.82, 2.24) is 34.5 Å². The number of carbonyl (C=O) groups is 1. The van der Waals surface area contributed by atoms with E-state index >= 15 is 8.78 Å². The number of alkyl halides is 2. The highest BCUT2D eigenvalue weighted by molar-refractivity contribution is 6.33. The predicted octanol–water partition coefficient (Wildman–Crippen LogP) is 7.89. The summed E-state index contributed by atoms with van der Waals surface area (Å²) in [5, 5.41) is 14.6. The maximum absolute atomic E-state index is 16.2. The first kappa shape index (κ1) is 44.8. The van der Waals surface area contributed by atoms with Gasteiger partial charge in [0.15, 0.2) is 11.6 Å². The number of piperazine rings is 1. The van der Waals surface area contributed by atoms with Crippen LogP contribution in [0.3, 0.4) is 0 Å². The van der Waals surface area contributed by atoms with E-state index < -0.39 is 29.8 Å². The number of aromatic nitrogens is 5. The van der Waals surface area contributed by atoms with Gasteiger partial charge in [-0.15, -0.1) is 6.58 Å². The molecule has 3 fully saturated rings. The van der Waals surface area contributed by atoms with Gasteiger partial charge in [0.1, 0.15) is 16.4 Å². The summed E-state index contributed by atoms with van der Waals surface area (Å²) in [6.45, 7) is 11.1. The molecule has 3 aliphatic heterocycles. The van der Waals surface area contributed by atoms with Crippen LogP contribution in [-0.4, -0.2) is 99.9 Å². The van der Waals surface area contributed by atoms with Gasteiger partial charge in [-0.2, -0.15) is 10.1 Å². The number of anilines is 5. The first-order valence-electron chi connectivity index (χ1n) is 22.6. The monoisotopic (exact) mass is 917 g/mol. The van der Waals surface area contributed by atoms with E-state index in [0.29, 0.717) is 41.3 Å². The van der Waals surface area contributed by atoms with Crippen LogP contribution in [0, 0.1) is 23.0 Å². The number of amides is 1. The molecule has 1 aliphatic carbocycles. The van der Waals surface area contributed by atoms with Gasteiger partial charge in [0, 0.05) is 114 Å². The lowest BCUT2D eigenvalue weighted by Gasteiger charge is -2.54. The Bertz CT molecular complexity index is 2720. The number of pyridine rings is 1. The summed E-state index contributed by atoms with van der Waals surface area (Å²) >= 11 is 6.55. The molecular formula is C47H56ClF4N11O2. The number of aryl methyl sites for hydroxylation is 2. The van der Waals surface area contributed by atoms with Crippen LogP contribution in [0.1, 0.15) is 69.0 Å². The molecule has 2 aromatic carbocycles. The molecule has 3 aromatic heterocycles. The number of halogens is 5. The highest BCUT2D eigenvalue weighted by Crippen LogP contribution is 2.47. The molecule has 18 heteroatoms. The number of nitrogens with zero attached hydrogens (tertiary/aromatic N) is 8. The molecule has 6 heterocycles. The van der Waals surface area contributed by atoms with Crippen LogP contribution in [0.5, 0.6) is 0 Å². The fourth-order valence-electron chi connectivity index (χ4n) is 10.5. The summed E-state index contributed by atoms with van der Waals surface area (Å²) in [5.41, 5.74) is 2.35. The van der Waals surface area contributed by atoms with Crippen molar-refractivity contribution < 1.29 is 22.4 Å². The van der Waals surface area contributed by atoms with E-state index in [1.54, 1.807) is 24.9 Å². The molecular weight excluding hydrogens is 862 g/mol. The minimum atomic E-state index is -3.03. The van der Waals surface area contributed by atoms with Crippen LogP contribution in [-0.2, 0) is 25.3 Å². The molecule has 0 bridgehead atoms. The average molecular weight is 918 g/mol. The Morgan fingerprint density at radius 3 is 2.51 bits per heavy atom. The molecule has 346 valence electrons. The van der Waals surface area contributed by atoms with E-state index in [9.17, 15) is 18.4 Å². The van der Waals surface area contributed by atoms with Crippen molar-refractivity contribution in [2.45, 2.75) is 76.2 Å². The molecule has 2 atom stereocenters. The van der Waals surface area contributed by atoms with Gasteiger partial charge < -0.3 is 30.3 Å². The number of hydrogen-bond donors (Lipinski definition) is 3. The highest BCUT2D eigenvalue weighted by Gasteiger charge is 2.46. The maximum atomic E-state index is 16.2. The van der Waals surface area contributed by atoms with E-state index in [1.165, 1.54) is 36.9 Å². The van der Waals surface area contributed by atoms with Crippen molar-refractivity contribution in [3.8, 4) is 0 Å². The van der Waals surface area contributed by atoms with Gasteiger partial charge in [-0.3, -0.25) is 19.2 Å². The van der Waals surface area contributed by atoms with E-state index in [0.717, 1.165) is 82.6 Å². The smallest absolute Gasteiger partial charge is 0.267 e. The standard InChI is InChI=1S/C47H56ClF4N11O2/c1-6-29(7-10-38(64)53-3)40-30-8-9-36(39(50)42(30)60(5)58-40)62-19-17-61(18-20-62)24-28-11-14-46(15-12-28)25-63(26-46)45-54-23-33(48)43(57-45)56-35-21-32-37(22-34(35)49)59(4)44(65)31-13-16-47(51,52)27(2)55-41(31)32/h6,8-9,21-23,27-29,55H,1,7,10-20,24-26H2,2-5H3,(H,53,64)(H,54,56,57). The van der Waals surface area contributed by atoms with Crippen LogP contribution in [0.25, 0.3) is 21.8 Å². The molecule has 4 aliphatic rings. The molecule has 9 rings (SSSR count). The molecule has 13 nitrogen and oxygen atoms in total. The highest BCUT2D eigenvalue weighted by atomic mass is 35.5. The summed E-state index contributed by atoms with van der Waals surface area (Å²) in [6.07, 6.45) is 7.99. The van der Waals surface area contributed by atoms with Crippen molar-refractivity contribution in [1.29, 1.82) is 0 Å². The van der Waals surface area contributed by atoms with Gasteiger partial charge in [0.25, 0.3) is 11.5 Å². The molecule has 1 amide bonds. The zero-order valence-electron chi connectivity index (χ0n) is 37.3. The van der Waals surface area contributed by atoms with Crippen molar-refractivity contribution in [3.05, 3.63) is 81.4 Å². The number of nitrogens with one attached hydrogen (secondary N) is 3. The zero-order chi connectivity index (χ0) is 45.9. The first-order valence-corrected chi connectivity index (χ1v) is 23.0. The maximum Gasteiger partial charge on any atom is 0.267 e. The third-order valence-corrected chi connectivity index (χ3v) is 14.8. The van der Waals surface area contributed by atoms with Gasteiger partial charge in [-0.1, -0.05) is 17.7 Å². The van der Waals surface area contributed by atoms with E-state index in [-0.39, 0.29) is 62.8 Å². The molecule has 1 spiro atoms. The summed E-state index contributed by atoms with van der Waals surface area (Å²) in [4.78, 5) is 41.1.